The summed E-state index contributed by atoms with van der Waals surface area (Å²) in [5, 5.41) is 7.33. The van der Waals surface area contributed by atoms with Gasteiger partial charge in [0.1, 0.15) is 0 Å². The van der Waals surface area contributed by atoms with Gasteiger partial charge in [0, 0.05) is 23.5 Å². The minimum atomic E-state index is 0.209. The van der Waals surface area contributed by atoms with E-state index in [2.05, 4.69) is 36.6 Å². The lowest BCUT2D eigenvalue weighted by Gasteiger charge is -2.15. The van der Waals surface area contributed by atoms with Crippen molar-refractivity contribution in [2.24, 2.45) is 4.99 Å². The fourth-order valence-corrected chi connectivity index (χ4v) is 2.44. The van der Waals surface area contributed by atoms with E-state index >= 15 is 0 Å². The van der Waals surface area contributed by atoms with Gasteiger partial charge >= 0.3 is 0 Å². The van der Waals surface area contributed by atoms with Crippen LogP contribution in [-0.4, -0.2) is 25.6 Å². The van der Waals surface area contributed by atoms with Crippen LogP contribution in [0.2, 0.25) is 5.02 Å². The van der Waals surface area contributed by atoms with Gasteiger partial charge in [0.15, 0.2) is 5.96 Å². The molecule has 0 spiro atoms. The molecule has 0 amide bonds. The Balaban J connectivity index is 2.07. The first-order valence-corrected chi connectivity index (χ1v) is 7.36. The van der Waals surface area contributed by atoms with Crippen LogP contribution < -0.4 is 10.6 Å². The van der Waals surface area contributed by atoms with Gasteiger partial charge in [-0.2, -0.15) is 0 Å². The van der Waals surface area contributed by atoms with Crippen molar-refractivity contribution in [1.29, 1.82) is 0 Å². The summed E-state index contributed by atoms with van der Waals surface area (Å²) in [6, 6.07) is 8.18. The summed E-state index contributed by atoms with van der Waals surface area (Å²) in [4.78, 5) is 4.69. The molecule has 1 saturated carbocycles. The summed E-state index contributed by atoms with van der Waals surface area (Å²) in [5.74, 6) is 0.901. The Morgan fingerprint density at radius 1 is 1.26 bits per heavy atom. The van der Waals surface area contributed by atoms with Gasteiger partial charge in [0.05, 0.1) is 6.54 Å². The number of hydrogen-bond acceptors (Lipinski definition) is 1. The van der Waals surface area contributed by atoms with Crippen LogP contribution in [-0.2, 0) is 5.41 Å². The van der Waals surface area contributed by atoms with Crippen LogP contribution in [0, 0.1) is 0 Å². The highest BCUT2D eigenvalue weighted by Gasteiger charge is 2.44. The van der Waals surface area contributed by atoms with Crippen LogP contribution in [0.5, 0.6) is 0 Å². The monoisotopic (exact) mass is 279 g/mol. The number of nitrogens with one attached hydrogen (secondary N) is 2. The number of benzene rings is 1. The largest absolute Gasteiger partial charge is 0.357 e. The summed E-state index contributed by atoms with van der Waals surface area (Å²) in [6.07, 6.45) is 2.39. The Morgan fingerprint density at radius 3 is 2.47 bits per heavy atom. The molecule has 0 atom stereocenters. The van der Waals surface area contributed by atoms with E-state index in [1.165, 1.54) is 18.4 Å². The highest BCUT2D eigenvalue weighted by Crippen LogP contribution is 2.48. The maximum atomic E-state index is 6.08. The molecule has 0 heterocycles. The van der Waals surface area contributed by atoms with Gasteiger partial charge in [-0.25, -0.2) is 0 Å². The van der Waals surface area contributed by atoms with Crippen molar-refractivity contribution in [3.63, 3.8) is 0 Å². The molecule has 0 radical (unpaired) electrons. The molecule has 1 aromatic carbocycles. The summed E-state index contributed by atoms with van der Waals surface area (Å²) < 4.78 is 0. The number of halogens is 1. The quantitative estimate of drug-likeness (QED) is 0.642. The maximum absolute atomic E-state index is 6.08. The molecule has 1 fully saturated rings. The number of guanidine groups is 1. The first-order chi connectivity index (χ1) is 9.20. The van der Waals surface area contributed by atoms with Crippen molar-refractivity contribution >= 4 is 17.6 Å². The van der Waals surface area contributed by atoms with E-state index in [0.29, 0.717) is 0 Å². The molecule has 0 unspecified atom stereocenters. The van der Waals surface area contributed by atoms with Crippen molar-refractivity contribution in [1.82, 2.24) is 10.6 Å². The minimum absolute atomic E-state index is 0.209. The summed E-state index contributed by atoms with van der Waals surface area (Å²) in [6.45, 7) is 6.75. The fourth-order valence-electron chi connectivity index (χ4n) is 2.25. The molecule has 3 nitrogen and oxygen atoms in total. The molecule has 0 aromatic heterocycles. The van der Waals surface area contributed by atoms with E-state index in [1.54, 1.807) is 0 Å². The van der Waals surface area contributed by atoms with E-state index in [1.807, 2.05) is 12.1 Å². The zero-order chi connectivity index (χ0) is 13.7. The van der Waals surface area contributed by atoms with Crippen LogP contribution in [0.4, 0.5) is 0 Å². The van der Waals surface area contributed by atoms with Gasteiger partial charge in [-0.3, -0.25) is 4.99 Å². The third-order valence-corrected chi connectivity index (χ3v) is 3.75. The molecule has 4 heteroatoms. The molecule has 2 N–H and O–H groups in total. The van der Waals surface area contributed by atoms with Crippen molar-refractivity contribution in [2.75, 3.05) is 19.6 Å². The van der Waals surface area contributed by atoms with Crippen LogP contribution in [0.3, 0.4) is 0 Å². The number of hydrogen-bond donors (Lipinski definition) is 2. The molecule has 2 rings (SSSR count). The second kappa shape index (κ2) is 6.29. The average molecular weight is 280 g/mol. The van der Waals surface area contributed by atoms with Gasteiger partial charge < -0.3 is 10.6 Å². The second-order valence-electron chi connectivity index (χ2n) is 5.02. The molecule has 0 aliphatic heterocycles. The third-order valence-electron chi connectivity index (χ3n) is 3.52. The van der Waals surface area contributed by atoms with Gasteiger partial charge in [-0.1, -0.05) is 23.7 Å². The van der Waals surface area contributed by atoms with Crippen LogP contribution in [0.15, 0.2) is 29.3 Å². The standard InChI is InChI=1S/C15H22ClN3/c1-3-17-14(18-4-2)19-11-15(8-9-15)12-6-5-7-13(16)10-12/h5-7,10H,3-4,8-9,11H2,1-2H3,(H2,17,18,19). The van der Waals surface area contributed by atoms with Gasteiger partial charge in [0.2, 0.25) is 0 Å². The number of aliphatic imine (C=N–C) groups is 1. The summed E-state index contributed by atoms with van der Waals surface area (Å²) >= 11 is 6.08. The maximum Gasteiger partial charge on any atom is 0.191 e. The molecular formula is C15H22ClN3. The first kappa shape index (κ1) is 14.2. The summed E-state index contributed by atoms with van der Waals surface area (Å²) in [5.41, 5.74) is 1.53. The predicted octanol–water partition coefficient (Wildman–Crippen LogP) is 2.95. The van der Waals surface area contributed by atoms with E-state index in [4.69, 9.17) is 16.6 Å². The lowest BCUT2D eigenvalue weighted by Crippen LogP contribution is -2.37. The number of rotatable bonds is 5. The molecule has 19 heavy (non-hydrogen) atoms. The predicted molar refractivity (Wildman–Crippen MR) is 82.0 cm³/mol. The van der Waals surface area contributed by atoms with Crippen molar-refractivity contribution < 1.29 is 0 Å². The zero-order valence-electron chi connectivity index (χ0n) is 11.7. The normalized spacial score (nSPS) is 15.7. The van der Waals surface area contributed by atoms with Crippen molar-refractivity contribution in [3.8, 4) is 0 Å². The Labute approximate surface area is 120 Å². The Morgan fingerprint density at radius 2 is 1.95 bits per heavy atom. The summed E-state index contributed by atoms with van der Waals surface area (Å²) in [7, 11) is 0. The number of nitrogens with zero attached hydrogens (tertiary/aromatic N) is 1. The molecule has 1 aliphatic rings. The minimum Gasteiger partial charge on any atom is -0.357 e. The van der Waals surface area contributed by atoms with Gasteiger partial charge in [0.25, 0.3) is 0 Å². The average Bonchev–Trinajstić information content (AvgIpc) is 3.18. The lowest BCUT2D eigenvalue weighted by atomic mass is 9.96. The smallest absolute Gasteiger partial charge is 0.191 e. The Kier molecular flexibility index (Phi) is 4.70. The molecule has 1 aliphatic carbocycles. The fraction of sp³-hybridized carbons (Fsp3) is 0.533. The molecule has 1 aromatic rings. The molecular weight excluding hydrogens is 258 g/mol. The van der Waals surface area contributed by atoms with Crippen molar-refractivity contribution in [3.05, 3.63) is 34.9 Å². The Bertz CT molecular complexity index is 444. The van der Waals surface area contributed by atoms with E-state index < -0.39 is 0 Å². The molecule has 104 valence electrons. The van der Waals surface area contributed by atoms with E-state index in [9.17, 15) is 0 Å². The van der Waals surface area contributed by atoms with Crippen LogP contribution >= 0.6 is 11.6 Å². The molecule has 0 saturated heterocycles. The van der Waals surface area contributed by atoms with Crippen molar-refractivity contribution in [2.45, 2.75) is 32.1 Å². The Hall–Kier alpha value is -1.22. The van der Waals surface area contributed by atoms with Gasteiger partial charge in [-0.05, 0) is 44.4 Å². The highest BCUT2D eigenvalue weighted by molar-refractivity contribution is 6.30. The van der Waals surface area contributed by atoms with Gasteiger partial charge in [-0.15, -0.1) is 0 Å². The topological polar surface area (TPSA) is 36.4 Å². The van der Waals surface area contributed by atoms with Crippen LogP contribution in [0.1, 0.15) is 32.3 Å². The van der Waals surface area contributed by atoms with E-state index in [0.717, 1.165) is 30.6 Å². The highest BCUT2D eigenvalue weighted by atomic mass is 35.5. The third kappa shape index (κ3) is 3.63. The lowest BCUT2D eigenvalue weighted by molar-refractivity contribution is 0.694. The van der Waals surface area contributed by atoms with Crippen LogP contribution in [0.25, 0.3) is 0 Å². The SMILES string of the molecule is CCNC(=NCC1(c2cccc(Cl)c2)CC1)NCC. The first-order valence-electron chi connectivity index (χ1n) is 6.98. The zero-order valence-corrected chi connectivity index (χ0v) is 12.4. The molecule has 0 bridgehead atoms. The second-order valence-corrected chi connectivity index (χ2v) is 5.45. The van der Waals surface area contributed by atoms with E-state index in [-0.39, 0.29) is 5.41 Å².